The van der Waals surface area contributed by atoms with Gasteiger partial charge in [-0.1, -0.05) is 179 Å². The van der Waals surface area contributed by atoms with Crippen molar-refractivity contribution in [2.24, 2.45) is 0 Å². The molecule has 0 saturated heterocycles. The summed E-state index contributed by atoms with van der Waals surface area (Å²) in [5.41, 5.74) is 16.7. The SMILES string of the molecule is Cc1ccc(-c2ccc(-c3c(-c4ccc(-c5ccc(C)cc5)o4)c(-c4ccc(-c5ccc(C)cc5)o4)c(-c4ccc(-c5ccc(C)cc5)o4)c(-c4ccc(-c5ccc(C)cc5)o4)c3-c3ccc(-c4ccc(C)cc4)o3)o2)cc1. The van der Waals surface area contributed by atoms with Gasteiger partial charge in [-0.3, -0.25) is 0 Å². The van der Waals surface area contributed by atoms with Crippen LogP contribution >= 0.6 is 0 Å². The van der Waals surface area contributed by atoms with E-state index in [4.69, 9.17) is 26.5 Å². The molecule has 13 rings (SSSR count). The van der Waals surface area contributed by atoms with Crippen molar-refractivity contribution in [3.63, 3.8) is 0 Å². The summed E-state index contributed by atoms with van der Waals surface area (Å²) in [5.74, 6) is 7.60. The van der Waals surface area contributed by atoms with Gasteiger partial charge in [-0.05, 0) is 114 Å². The molecule has 13 aromatic rings. The lowest BCUT2D eigenvalue weighted by molar-refractivity contribution is 0.579. The molecule has 0 aliphatic rings. The number of rotatable bonds is 12. The second kappa shape index (κ2) is 19.7. The molecule has 0 bridgehead atoms. The molecule has 6 heterocycles. The van der Waals surface area contributed by atoms with Crippen molar-refractivity contribution in [3.05, 3.63) is 252 Å². The average molecular weight is 1020 g/mol. The van der Waals surface area contributed by atoms with E-state index < -0.39 is 0 Å². The summed E-state index contributed by atoms with van der Waals surface area (Å²) in [4.78, 5) is 0. The number of aryl methyl sites for hydroxylation is 6. The lowest BCUT2D eigenvalue weighted by Gasteiger charge is -2.23. The Morgan fingerprint density at radius 2 is 0.256 bits per heavy atom. The van der Waals surface area contributed by atoms with Crippen LogP contribution in [-0.4, -0.2) is 0 Å². The predicted molar refractivity (Wildman–Crippen MR) is 314 cm³/mol. The maximum Gasteiger partial charge on any atom is 0.136 e. The molecule has 0 fully saturated rings. The van der Waals surface area contributed by atoms with Crippen molar-refractivity contribution in [1.29, 1.82) is 0 Å². The van der Waals surface area contributed by atoms with E-state index >= 15 is 0 Å². The third-order valence-corrected chi connectivity index (χ3v) is 14.6. The Morgan fingerprint density at radius 1 is 0.141 bits per heavy atom. The van der Waals surface area contributed by atoms with Crippen LogP contribution in [0.1, 0.15) is 33.4 Å². The molecule has 0 saturated carbocycles. The van der Waals surface area contributed by atoms with Gasteiger partial charge in [-0.25, -0.2) is 0 Å². The van der Waals surface area contributed by atoms with Gasteiger partial charge in [0, 0.05) is 66.8 Å². The van der Waals surface area contributed by atoms with Crippen molar-refractivity contribution in [3.8, 4) is 136 Å². The van der Waals surface area contributed by atoms with Crippen molar-refractivity contribution < 1.29 is 26.5 Å². The number of hydrogen-bond donors (Lipinski definition) is 0. The standard InChI is InChI=1S/C72H54O6/c1-43-7-19-49(20-8-43)55-31-37-61(73-55)67-68(62-38-32-56(74-62)50-21-9-44(2)10-22-50)70(64-40-34-58(76-64)52-25-13-46(4)14-26-52)72(66-42-36-60(78-66)54-29-17-48(6)18-30-54)71(65-41-35-59(77-65)53-27-15-47(5)16-28-53)69(67)63-39-33-57(75-63)51-23-11-45(3)12-24-51/h7-42H,1-6H3. The zero-order chi connectivity index (χ0) is 53.0. The van der Waals surface area contributed by atoms with Crippen molar-refractivity contribution >= 4 is 0 Å². The van der Waals surface area contributed by atoms with Gasteiger partial charge in [0.25, 0.3) is 0 Å². The highest BCUT2D eigenvalue weighted by atomic mass is 16.4. The minimum absolute atomic E-state index is 0.571. The van der Waals surface area contributed by atoms with E-state index in [0.29, 0.717) is 103 Å². The van der Waals surface area contributed by atoms with E-state index in [1.54, 1.807) is 0 Å². The van der Waals surface area contributed by atoms with E-state index in [0.717, 1.165) is 66.8 Å². The highest BCUT2D eigenvalue weighted by Gasteiger charge is 2.36. The van der Waals surface area contributed by atoms with E-state index in [9.17, 15) is 0 Å². The molecule has 6 nitrogen and oxygen atoms in total. The highest BCUT2D eigenvalue weighted by molar-refractivity contribution is 6.12. The maximum atomic E-state index is 7.23. The third kappa shape index (κ3) is 9.07. The van der Waals surface area contributed by atoms with Gasteiger partial charge < -0.3 is 26.5 Å². The summed E-state index contributed by atoms with van der Waals surface area (Å²) in [6, 6.07) is 74.8. The van der Waals surface area contributed by atoms with Crippen LogP contribution in [0.2, 0.25) is 0 Å². The molecule has 0 aliphatic heterocycles. The Bertz CT molecular complexity index is 3520. The van der Waals surface area contributed by atoms with E-state index in [1.165, 1.54) is 0 Å². The minimum Gasteiger partial charge on any atom is -0.456 e. The van der Waals surface area contributed by atoms with Crippen LogP contribution < -0.4 is 0 Å². The summed E-state index contributed by atoms with van der Waals surface area (Å²) in [7, 11) is 0. The van der Waals surface area contributed by atoms with Gasteiger partial charge in [0.15, 0.2) is 0 Å². The van der Waals surface area contributed by atoms with Crippen LogP contribution in [0.5, 0.6) is 0 Å². The lowest BCUT2D eigenvalue weighted by Crippen LogP contribution is -2.00. The van der Waals surface area contributed by atoms with E-state index in [1.807, 2.05) is 72.8 Å². The first-order valence-corrected chi connectivity index (χ1v) is 26.3. The Hall–Kier alpha value is -9.78. The topological polar surface area (TPSA) is 78.8 Å². The Morgan fingerprint density at radius 3 is 0.385 bits per heavy atom. The zero-order valence-corrected chi connectivity index (χ0v) is 44.2. The third-order valence-electron chi connectivity index (χ3n) is 14.6. The fourth-order valence-electron chi connectivity index (χ4n) is 10.3. The van der Waals surface area contributed by atoms with E-state index in [-0.39, 0.29) is 0 Å². The Balaban J connectivity index is 1.21. The second-order valence-corrected chi connectivity index (χ2v) is 20.4. The van der Waals surface area contributed by atoms with Crippen LogP contribution in [0.25, 0.3) is 136 Å². The minimum atomic E-state index is 0.571. The van der Waals surface area contributed by atoms with Crippen molar-refractivity contribution in [2.75, 3.05) is 0 Å². The summed E-state index contributed by atoms with van der Waals surface area (Å²) >= 11 is 0. The Labute approximate surface area is 453 Å². The molecule has 6 aromatic heterocycles. The molecule has 0 radical (unpaired) electrons. The molecule has 6 heteroatoms. The van der Waals surface area contributed by atoms with Crippen LogP contribution in [0.15, 0.2) is 245 Å². The zero-order valence-electron chi connectivity index (χ0n) is 44.2. The smallest absolute Gasteiger partial charge is 0.136 e. The predicted octanol–water partition coefficient (Wildman–Crippen LogP) is 21.1. The molecule has 0 spiro atoms. The second-order valence-electron chi connectivity index (χ2n) is 20.4. The van der Waals surface area contributed by atoms with Gasteiger partial charge in [0.1, 0.15) is 69.1 Å². The van der Waals surface area contributed by atoms with Crippen molar-refractivity contribution in [2.45, 2.75) is 41.5 Å². The first-order chi connectivity index (χ1) is 38.1. The molecular weight excluding hydrogens is 961 g/mol. The van der Waals surface area contributed by atoms with Gasteiger partial charge >= 0.3 is 0 Å². The van der Waals surface area contributed by atoms with Crippen LogP contribution in [0.3, 0.4) is 0 Å². The molecule has 0 N–H and O–H groups in total. The molecule has 0 unspecified atom stereocenters. The summed E-state index contributed by atoms with van der Waals surface area (Å²) in [6.07, 6.45) is 0. The fourth-order valence-corrected chi connectivity index (χ4v) is 10.3. The Kier molecular flexibility index (Phi) is 12.1. The van der Waals surface area contributed by atoms with Gasteiger partial charge in [-0.2, -0.15) is 0 Å². The average Bonchev–Trinajstić information content (AvgIpc) is 4.41. The summed E-state index contributed by atoms with van der Waals surface area (Å²) in [6.45, 7) is 12.5. The molecular formula is C72H54O6. The first-order valence-electron chi connectivity index (χ1n) is 26.3. The van der Waals surface area contributed by atoms with Crippen LogP contribution in [0.4, 0.5) is 0 Å². The molecule has 378 valence electrons. The normalized spacial score (nSPS) is 11.5. The molecule has 0 atom stereocenters. The van der Waals surface area contributed by atoms with Gasteiger partial charge in [0.05, 0.1) is 0 Å². The van der Waals surface area contributed by atoms with E-state index in [2.05, 4.69) is 187 Å². The molecule has 7 aromatic carbocycles. The van der Waals surface area contributed by atoms with Gasteiger partial charge in [-0.15, -0.1) is 0 Å². The van der Waals surface area contributed by atoms with Gasteiger partial charge in [0.2, 0.25) is 0 Å². The van der Waals surface area contributed by atoms with Crippen LogP contribution in [-0.2, 0) is 0 Å². The largest absolute Gasteiger partial charge is 0.456 e. The maximum absolute atomic E-state index is 7.23. The highest BCUT2D eigenvalue weighted by Crippen LogP contribution is 2.58. The molecule has 0 amide bonds. The first kappa shape index (κ1) is 47.9. The molecule has 0 aliphatic carbocycles. The quantitative estimate of drug-likeness (QED) is 0.121. The number of furan rings is 6. The molecule has 78 heavy (non-hydrogen) atoms. The summed E-state index contributed by atoms with van der Waals surface area (Å²) < 4.78 is 43.4. The fraction of sp³-hybridized carbons (Fsp3) is 0.0833. The number of hydrogen-bond acceptors (Lipinski definition) is 6. The monoisotopic (exact) mass is 1010 g/mol. The van der Waals surface area contributed by atoms with Crippen LogP contribution in [0, 0.1) is 41.5 Å². The summed E-state index contributed by atoms with van der Waals surface area (Å²) in [5, 5.41) is 0. The van der Waals surface area contributed by atoms with Crippen molar-refractivity contribution in [1.82, 2.24) is 0 Å². The lowest BCUT2D eigenvalue weighted by atomic mass is 9.81. The number of benzene rings is 7.